The lowest BCUT2D eigenvalue weighted by Crippen LogP contribution is -2.16. The summed E-state index contributed by atoms with van der Waals surface area (Å²) in [5.74, 6) is 0. The van der Waals surface area contributed by atoms with Crippen LogP contribution in [0.3, 0.4) is 0 Å². The normalized spacial score (nSPS) is 23.4. The Bertz CT molecular complexity index is 423. The molecule has 0 aromatic heterocycles. The second-order valence-corrected chi connectivity index (χ2v) is 4.71. The fraction of sp³-hybridized carbons (Fsp3) is 0.294. The number of aryl methyl sites for hydroxylation is 1. The summed E-state index contributed by atoms with van der Waals surface area (Å²) in [6.45, 7) is 2.11. The Morgan fingerprint density at radius 2 is 2.00 bits per heavy atom. The van der Waals surface area contributed by atoms with Crippen LogP contribution in [0.5, 0.6) is 0 Å². The Balaban J connectivity index is 2.04. The lowest BCUT2D eigenvalue weighted by Gasteiger charge is -2.28. The van der Waals surface area contributed by atoms with Gasteiger partial charge in [0.25, 0.3) is 0 Å². The molecule has 0 heterocycles. The minimum Gasteiger partial charge on any atom is -0.0908 e. The van der Waals surface area contributed by atoms with Crippen molar-refractivity contribution in [2.75, 3.05) is 0 Å². The third-order valence-electron chi connectivity index (χ3n) is 3.39. The Morgan fingerprint density at radius 1 is 1.18 bits per heavy atom. The molecule has 0 aliphatic heterocycles. The number of hydrogen-bond acceptors (Lipinski definition) is 0. The highest BCUT2D eigenvalue weighted by molar-refractivity contribution is 5.24. The molecule has 0 nitrogen and oxygen atoms in total. The van der Waals surface area contributed by atoms with Crippen LogP contribution in [0.25, 0.3) is 0 Å². The van der Waals surface area contributed by atoms with Gasteiger partial charge in [0.1, 0.15) is 0 Å². The summed E-state index contributed by atoms with van der Waals surface area (Å²) in [7, 11) is 0. The van der Waals surface area contributed by atoms with E-state index >= 15 is 0 Å². The Hall–Kier alpha value is -1.56. The Kier molecular flexibility index (Phi) is 3.98. The molecule has 88 valence electrons. The molecule has 0 spiro atoms. The Labute approximate surface area is 104 Å². The van der Waals surface area contributed by atoms with Crippen molar-refractivity contribution in [2.24, 2.45) is 5.41 Å². The molecular formula is C17H20. The van der Waals surface area contributed by atoms with E-state index in [1.54, 1.807) is 0 Å². The molecular weight excluding hydrogens is 204 g/mol. The molecule has 2 rings (SSSR count). The van der Waals surface area contributed by atoms with Gasteiger partial charge in [0, 0.05) is 5.41 Å². The van der Waals surface area contributed by atoms with Crippen LogP contribution in [0.15, 0.2) is 66.8 Å². The summed E-state index contributed by atoms with van der Waals surface area (Å²) in [4.78, 5) is 0. The first kappa shape index (κ1) is 11.9. The zero-order valence-corrected chi connectivity index (χ0v) is 10.5. The van der Waals surface area contributed by atoms with Gasteiger partial charge in [-0.25, -0.2) is 0 Å². The summed E-state index contributed by atoms with van der Waals surface area (Å²) < 4.78 is 0. The maximum atomic E-state index is 2.34. The fourth-order valence-corrected chi connectivity index (χ4v) is 2.43. The molecule has 0 fully saturated rings. The maximum Gasteiger partial charge on any atom is 0.0102 e. The molecule has 0 saturated heterocycles. The van der Waals surface area contributed by atoms with Crippen molar-refractivity contribution in [3.8, 4) is 0 Å². The minimum absolute atomic E-state index is 0.235. The number of rotatable bonds is 4. The second kappa shape index (κ2) is 5.67. The molecule has 0 radical (unpaired) electrons. The van der Waals surface area contributed by atoms with Crippen molar-refractivity contribution >= 4 is 0 Å². The van der Waals surface area contributed by atoms with Gasteiger partial charge in [-0.2, -0.15) is 0 Å². The van der Waals surface area contributed by atoms with Gasteiger partial charge < -0.3 is 0 Å². The van der Waals surface area contributed by atoms with Crippen LogP contribution in [0.1, 0.15) is 25.3 Å². The first-order valence-electron chi connectivity index (χ1n) is 6.37. The molecule has 0 heteroatoms. The lowest BCUT2D eigenvalue weighted by atomic mass is 9.76. The van der Waals surface area contributed by atoms with E-state index in [0.717, 1.165) is 12.8 Å². The van der Waals surface area contributed by atoms with Crippen molar-refractivity contribution in [3.63, 3.8) is 0 Å². The Morgan fingerprint density at radius 3 is 2.65 bits per heavy atom. The fourth-order valence-electron chi connectivity index (χ4n) is 2.43. The van der Waals surface area contributed by atoms with Crippen molar-refractivity contribution in [1.82, 2.24) is 0 Å². The molecule has 0 N–H and O–H groups in total. The predicted octanol–water partition coefficient (Wildman–Crippen LogP) is 4.70. The first-order valence-corrected chi connectivity index (χ1v) is 6.37. The van der Waals surface area contributed by atoms with E-state index in [9.17, 15) is 0 Å². The van der Waals surface area contributed by atoms with E-state index in [2.05, 4.69) is 73.7 Å². The highest BCUT2D eigenvalue weighted by Gasteiger charge is 2.23. The summed E-state index contributed by atoms with van der Waals surface area (Å²) in [5, 5.41) is 0. The average molecular weight is 224 g/mol. The van der Waals surface area contributed by atoms with E-state index in [1.807, 2.05) is 0 Å². The first-order chi connectivity index (χ1) is 8.35. The van der Waals surface area contributed by atoms with Crippen LogP contribution in [0.4, 0.5) is 0 Å². The van der Waals surface area contributed by atoms with Gasteiger partial charge in [0.15, 0.2) is 0 Å². The van der Waals surface area contributed by atoms with Gasteiger partial charge in [-0.3, -0.25) is 0 Å². The van der Waals surface area contributed by atoms with Gasteiger partial charge >= 0.3 is 0 Å². The van der Waals surface area contributed by atoms with Crippen LogP contribution < -0.4 is 0 Å². The average Bonchev–Trinajstić information content (AvgIpc) is 2.39. The monoisotopic (exact) mass is 224 g/mol. The number of benzene rings is 1. The SMILES string of the molecule is C/C=C/C1(CCc2ccccc2)C=CC=CC1. The van der Waals surface area contributed by atoms with Gasteiger partial charge in [-0.15, -0.1) is 0 Å². The largest absolute Gasteiger partial charge is 0.0908 e. The van der Waals surface area contributed by atoms with Gasteiger partial charge in [0.05, 0.1) is 0 Å². The second-order valence-electron chi connectivity index (χ2n) is 4.71. The summed E-state index contributed by atoms with van der Waals surface area (Å²) in [6, 6.07) is 10.7. The molecule has 1 aromatic carbocycles. The standard InChI is InChI=1S/C17H20/c1-2-12-17(13-7-4-8-14-17)15-11-16-9-5-3-6-10-16/h2-10,12-13H,11,14-15H2,1H3/b12-2+. The lowest BCUT2D eigenvalue weighted by molar-refractivity contribution is 0.451. The quantitative estimate of drug-likeness (QED) is 0.650. The van der Waals surface area contributed by atoms with Crippen LogP contribution >= 0.6 is 0 Å². The smallest absolute Gasteiger partial charge is 0.0102 e. The van der Waals surface area contributed by atoms with Gasteiger partial charge in [0.2, 0.25) is 0 Å². The van der Waals surface area contributed by atoms with Crippen molar-refractivity contribution in [1.29, 1.82) is 0 Å². The predicted molar refractivity (Wildman–Crippen MR) is 74.9 cm³/mol. The third kappa shape index (κ3) is 3.20. The third-order valence-corrected chi connectivity index (χ3v) is 3.39. The van der Waals surface area contributed by atoms with Gasteiger partial charge in [-0.05, 0) is 31.7 Å². The van der Waals surface area contributed by atoms with E-state index in [0.29, 0.717) is 0 Å². The molecule has 1 unspecified atom stereocenters. The van der Waals surface area contributed by atoms with Crippen LogP contribution in [0, 0.1) is 5.41 Å². The molecule has 0 amide bonds. The highest BCUT2D eigenvalue weighted by atomic mass is 14.3. The molecule has 1 aliphatic carbocycles. The minimum atomic E-state index is 0.235. The van der Waals surface area contributed by atoms with Gasteiger partial charge in [-0.1, -0.05) is 66.8 Å². The summed E-state index contributed by atoms with van der Waals surface area (Å²) in [5.41, 5.74) is 1.67. The molecule has 0 bridgehead atoms. The van der Waals surface area contributed by atoms with E-state index < -0.39 is 0 Å². The molecule has 1 atom stereocenters. The number of allylic oxidation sites excluding steroid dienone is 6. The van der Waals surface area contributed by atoms with E-state index in [1.165, 1.54) is 12.0 Å². The van der Waals surface area contributed by atoms with E-state index in [4.69, 9.17) is 0 Å². The molecule has 1 aliphatic rings. The van der Waals surface area contributed by atoms with Crippen molar-refractivity contribution < 1.29 is 0 Å². The van der Waals surface area contributed by atoms with Crippen molar-refractivity contribution in [3.05, 3.63) is 72.4 Å². The zero-order valence-electron chi connectivity index (χ0n) is 10.5. The highest BCUT2D eigenvalue weighted by Crippen LogP contribution is 2.34. The summed E-state index contributed by atoms with van der Waals surface area (Å²) in [6.07, 6.45) is 16.9. The van der Waals surface area contributed by atoms with Crippen LogP contribution in [0.2, 0.25) is 0 Å². The van der Waals surface area contributed by atoms with Crippen molar-refractivity contribution in [2.45, 2.75) is 26.2 Å². The topological polar surface area (TPSA) is 0 Å². The molecule has 0 saturated carbocycles. The van der Waals surface area contributed by atoms with Crippen LogP contribution in [-0.2, 0) is 6.42 Å². The zero-order chi connectivity index (χ0) is 12.0. The molecule has 1 aromatic rings. The maximum absolute atomic E-state index is 2.34. The number of hydrogen-bond donors (Lipinski definition) is 0. The van der Waals surface area contributed by atoms with Crippen LogP contribution in [-0.4, -0.2) is 0 Å². The van der Waals surface area contributed by atoms with E-state index in [-0.39, 0.29) is 5.41 Å². The molecule has 17 heavy (non-hydrogen) atoms. The summed E-state index contributed by atoms with van der Waals surface area (Å²) >= 11 is 0.